The predicted octanol–water partition coefficient (Wildman–Crippen LogP) is 6.99. The van der Waals surface area contributed by atoms with E-state index in [1.165, 1.54) is 5.57 Å². The lowest BCUT2D eigenvalue weighted by molar-refractivity contribution is -0.182. The molecule has 3 aliphatic carbocycles. The zero-order chi connectivity index (χ0) is 32.8. The van der Waals surface area contributed by atoms with E-state index in [0.29, 0.717) is 44.1 Å². The largest absolute Gasteiger partial charge is 0.396 e. The fraction of sp³-hybridized carbons (Fsp3) is 0.525. The van der Waals surface area contributed by atoms with Gasteiger partial charge in [-0.3, -0.25) is 4.79 Å². The van der Waals surface area contributed by atoms with Gasteiger partial charge in [0.2, 0.25) is 0 Å². The SMILES string of the molecule is C=C(/C=C/C=C(/[C@H](O)CCc1ccccc1)[C@@H]1CC[C@]2([C@@H]1O)[C@@H]1C(=C(C)C=O)[C@@H](C=C[C@H]1CCO)C[C@@]2(C)O)CCC=C(C)C. The van der Waals surface area contributed by atoms with E-state index in [1.807, 2.05) is 50.3 Å². The molecule has 1 spiro atoms. The van der Waals surface area contributed by atoms with Crippen molar-refractivity contribution >= 4 is 6.29 Å². The third-order valence-electron chi connectivity index (χ3n) is 10.8. The average Bonchev–Trinajstić information content (AvgIpc) is 3.35. The van der Waals surface area contributed by atoms with Crippen LogP contribution in [0.4, 0.5) is 0 Å². The number of carbonyl (C=O) groups is 1. The highest BCUT2D eigenvalue weighted by Crippen LogP contribution is 2.66. The summed E-state index contributed by atoms with van der Waals surface area (Å²) in [6.45, 7) is 12.0. The maximum Gasteiger partial charge on any atom is 0.145 e. The van der Waals surface area contributed by atoms with E-state index in [4.69, 9.17) is 0 Å². The Hall–Kier alpha value is -2.83. The Kier molecular flexibility index (Phi) is 11.8. The van der Waals surface area contributed by atoms with Crippen molar-refractivity contribution in [2.75, 3.05) is 6.61 Å². The van der Waals surface area contributed by atoms with E-state index in [9.17, 15) is 25.2 Å². The molecule has 5 heteroatoms. The molecule has 0 aliphatic heterocycles. The summed E-state index contributed by atoms with van der Waals surface area (Å²) in [6.07, 6.45) is 16.5. The highest BCUT2D eigenvalue weighted by molar-refractivity contribution is 5.74. The van der Waals surface area contributed by atoms with Crippen LogP contribution in [0.25, 0.3) is 0 Å². The quantitative estimate of drug-likeness (QED) is 0.0831. The molecule has 4 N–H and O–H groups in total. The number of aliphatic hydroxyl groups is 4. The molecule has 0 saturated heterocycles. The number of aldehydes is 1. The van der Waals surface area contributed by atoms with Crippen molar-refractivity contribution in [3.8, 4) is 0 Å². The smallest absolute Gasteiger partial charge is 0.145 e. The van der Waals surface area contributed by atoms with Crippen molar-refractivity contribution in [3.05, 3.63) is 107 Å². The standard InChI is InChI=1S/C40H54O5/c1-27(2)11-9-12-28(3)13-10-16-33(35(43)20-17-30-14-7-6-8-15-30)34-21-23-40(38(34)44)37-31(22-24-41)18-19-32(25-39(40,5)45)36(37)29(4)26-42/h6-8,10-11,13-16,18-19,26,31-32,34-35,37-38,41,43-45H,3,9,12,17,20-25H2,1-2,4-5H3/b13-10+,33-16+,36-29?/t31-,32-,34-,35+,37-,38+,39+,40+/m0/s1. The van der Waals surface area contributed by atoms with Gasteiger partial charge in [0.05, 0.1) is 17.8 Å². The molecule has 3 aliphatic rings. The van der Waals surface area contributed by atoms with E-state index in [2.05, 4.69) is 50.8 Å². The number of aliphatic hydroxyl groups excluding tert-OH is 3. The van der Waals surface area contributed by atoms with Crippen LogP contribution in [0, 0.1) is 29.1 Å². The summed E-state index contributed by atoms with van der Waals surface area (Å²) in [5.74, 6) is -0.868. The van der Waals surface area contributed by atoms with Crippen LogP contribution in [-0.4, -0.2) is 51.1 Å². The number of aryl methyl sites for hydroxylation is 1. The molecular weight excluding hydrogens is 560 g/mol. The third-order valence-corrected chi connectivity index (χ3v) is 10.8. The van der Waals surface area contributed by atoms with Crippen LogP contribution < -0.4 is 0 Å². The minimum Gasteiger partial charge on any atom is -0.396 e. The van der Waals surface area contributed by atoms with Crippen LogP contribution in [0.5, 0.6) is 0 Å². The monoisotopic (exact) mass is 614 g/mol. The van der Waals surface area contributed by atoms with Crippen LogP contribution in [0.15, 0.2) is 101 Å². The molecule has 0 heterocycles. The molecule has 0 radical (unpaired) electrons. The summed E-state index contributed by atoms with van der Waals surface area (Å²) >= 11 is 0. The number of hydrogen-bond acceptors (Lipinski definition) is 5. The van der Waals surface area contributed by atoms with Gasteiger partial charge in [0.25, 0.3) is 0 Å². The normalized spacial score (nSPS) is 33.0. The van der Waals surface area contributed by atoms with E-state index in [1.54, 1.807) is 0 Å². The minimum absolute atomic E-state index is 0.0208. The highest BCUT2D eigenvalue weighted by Gasteiger charge is 2.67. The number of rotatable bonds is 13. The average molecular weight is 615 g/mol. The molecule has 244 valence electrons. The fourth-order valence-electron chi connectivity index (χ4n) is 8.62. The van der Waals surface area contributed by atoms with Crippen LogP contribution in [0.3, 0.4) is 0 Å². The van der Waals surface area contributed by atoms with Crippen molar-refractivity contribution in [1.29, 1.82) is 0 Å². The molecule has 0 aromatic heterocycles. The summed E-state index contributed by atoms with van der Waals surface area (Å²) < 4.78 is 0. The molecule has 1 aromatic carbocycles. The van der Waals surface area contributed by atoms with Gasteiger partial charge in [-0.2, -0.15) is 0 Å². The maximum absolute atomic E-state index is 12.5. The third kappa shape index (κ3) is 7.44. The first kappa shape index (κ1) is 35.0. The van der Waals surface area contributed by atoms with Gasteiger partial charge >= 0.3 is 0 Å². The lowest BCUT2D eigenvalue weighted by Crippen LogP contribution is -2.63. The molecule has 2 saturated carbocycles. The number of fused-ring (bicyclic) bond motifs is 3. The molecule has 45 heavy (non-hydrogen) atoms. The van der Waals surface area contributed by atoms with Gasteiger partial charge in [-0.15, -0.1) is 0 Å². The number of allylic oxidation sites excluding steroid dienone is 10. The van der Waals surface area contributed by atoms with Gasteiger partial charge in [-0.1, -0.05) is 90.1 Å². The van der Waals surface area contributed by atoms with E-state index < -0.39 is 23.2 Å². The highest BCUT2D eigenvalue weighted by atomic mass is 16.3. The first-order valence-electron chi connectivity index (χ1n) is 16.7. The Morgan fingerprint density at radius 3 is 2.56 bits per heavy atom. The summed E-state index contributed by atoms with van der Waals surface area (Å²) in [5.41, 5.74) is 3.67. The van der Waals surface area contributed by atoms with Crippen molar-refractivity contribution in [3.63, 3.8) is 0 Å². The second kappa shape index (κ2) is 15.2. The molecule has 2 fully saturated rings. The van der Waals surface area contributed by atoms with Gasteiger partial charge in [-0.25, -0.2) is 0 Å². The van der Waals surface area contributed by atoms with E-state index in [-0.39, 0.29) is 30.3 Å². The molecule has 4 rings (SSSR count). The van der Waals surface area contributed by atoms with Crippen LogP contribution in [0.1, 0.15) is 78.2 Å². The Balaban J connectivity index is 1.72. The van der Waals surface area contributed by atoms with Crippen molar-refractivity contribution in [2.24, 2.45) is 29.1 Å². The first-order valence-corrected chi connectivity index (χ1v) is 16.7. The second-order valence-electron chi connectivity index (χ2n) is 14.1. The minimum atomic E-state index is -1.21. The van der Waals surface area contributed by atoms with E-state index >= 15 is 0 Å². The number of carbonyl (C=O) groups excluding carboxylic acids is 1. The Labute approximate surface area is 270 Å². The van der Waals surface area contributed by atoms with Crippen molar-refractivity contribution < 1.29 is 25.2 Å². The van der Waals surface area contributed by atoms with Gasteiger partial charge in [0.15, 0.2) is 0 Å². The Bertz CT molecular complexity index is 1340. The van der Waals surface area contributed by atoms with Gasteiger partial charge in [0, 0.05) is 23.9 Å². The van der Waals surface area contributed by atoms with Gasteiger partial charge in [-0.05, 0) is 108 Å². The lowest BCUT2D eigenvalue weighted by Gasteiger charge is -2.60. The summed E-state index contributed by atoms with van der Waals surface area (Å²) in [6, 6.07) is 10.1. The predicted molar refractivity (Wildman–Crippen MR) is 182 cm³/mol. The van der Waals surface area contributed by atoms with Gasteiger partial charge in [0.1, 0.15) is 6.29 Å². The fourth-order valence-corrected chi connectivity index (χ4v) is 8.62. The molecule has 5 nitrogen and oxygen atoms in total. The molecular formula is C40H54O5. The molecule has 0 unspecified atom stereocenters. The maximum atomic E-state index is 12.5. The summed E-state index contributed by atoms with van der Waals surface area (Å²) in [5, 5.41) is 46.5. The number of benzene rings is 1. The van der Waals surface area contributed by atoms with Crippen LogP contribution in [-0.2, 0) is 11.2 Å². The van der Waals surface area contributed by atoms with Crippen molar-refractivity contribution in [2.45, 2.75) is 96.9 Å². The molecule has 1 aromatic rings. The van der Waals surface area contributed by atoms with Crippen molar-refractivity contribution in [1.82, 2.24) is 0 Å². The van der Waals surface area contributed by atoms with E-state index in [0.717, 1.165) is 41.4 Å². The zero-order valence-electron chi connectivity index (χ0n) is 27.7. The zero-order valence-corrected chi connectivity index (χ0v) is 27.7. The lowest BCUT2D eigenvalue weighted by atomic mass is 9.46. The topological polar surface area (TPSA) is 98.0 Å². The van der Waals surface area contributed by atoms with Crippen LogP contribution >= 0.6 is 0 Å². The molecule has 0 amide bonds. The first-order chi connectivity index (χ1) is 21.5. The summed E-state index contributed by atoms with van der Waals surface area (Å²) in [7, 11) is 0. The molecule has 8 atom stereocenters. The Morgan fingerprint density at radius 1 is 1.16 bits per heavy atom. The van der Waals surface area contributed by atoms with Crippen LogP contribution in [0.2, 0.25) is 0 Å². The Morgan fingerprint density at radius 2 is 1.89 bits per heavy atom. The van der Waals surface area contributed by atoms with Gasteiger partial charge < -0.3 is 20.4 Å². The molecule has 2 bridgehead atoms. The summed E-state index contributed by atoms with van der Waals surface area (Å²) in [4.78, 5) is 12.2. The number of hydrogen-bond donors (Lipinski definition) is 4. The second-order valence-corrected chi connectivity index (χ2v) is 14.1.